The number of amides is 1. The van der Waals surface area contributed by atoms with Gasteiger partial charge in [-0.05, 0) is 67.9 Å². The second kappa shape index (κ2) is 5.09. The molecule has 4 bridgehead atoms. The Bertz CT molecular complexity index is 697. The lowest BCUT2D eigenvalue weighted by Gasteiger charge is -2.65. The molecule has 4 aliphatic carbocycles. The summed E-state index contributed by atoms with van der Waals surface area (Å²) in [5.41, 5.74) is 1.91. The summed E-state index contributed by atoms with van der Waals surface area (Å²) in [5, 5.41) is 3.41. The summed E-state index contributed by atoms with van der Waals surface area (Å²) < 4.78 is 0. The fourth-order valence-electron chi connectivity index (χ4n) is 7.42. The van der Waals surface area contributed by atoms with Gasteiger partial charge >= 0.3 is 0 Å². The lowest BCUT2D eigenvalue weighted by molar-refractivity contribution is -0.161. The molecule has 1 saturated heterocycles. The van der Waals surface area contributed by atoms with Crippen LogP contribution in [0.4, 0.5) is 0 Å². The number of likely N-dealkylation sites (N-methyl/N-ethyl adjacent to an activating group) is 1. The Balaban J connectivity index is 1.48. The molecule has 6 rings (SSSR count). The third kappa shape index (κ3) is 2.38. The molecule has 5 fully saturated rings. The second-order valence-corrected chi connectivity index (χ2v) is 10.1. The van der Waals surface area contributed by atoms with Crippen LogP contribution in [0.3, 0.4) is 0 Å². The number of likely N-dealkylation sites (tertiary alicyclic amines) is 1. The summed E-state index contributed by atoms with van der Waals surface area (Å²) in [5.74, 6) is 1.08. The van der Waals surface area contributed by atoms with Crippen LogP contribution in [-0.2, 0) is 10.2 Å². The van der Waals surface area contributed by atoms with Crippen LogP contribution < -0.4 is 5.32 Å². The molecule has 3 heteroatoms. The van der Waals surface area contributed by atoms with Gasteiger partial charge in [0.25, 0.3) is 0 Å². The largest absolute Gasteiger partial charge is 0.350 e. The smallest absolute Gasteiger partial charge is 0.226 e. The quantitative estimate of drug-likeness (QED) is 0.917. The highest BCUT2D eigenvalue weighted by Crippen LogP contribution is 2.70. The molecule has 3 nitrogen and oxygen atoms in total. The molecule has 0 radical (unpaired) electrons. The summed E-state index contributed by atoms with van der Waals surface area (Å²) in [6.45, 7) is 4.47. The Morgan fingerprint density at radius 3 is 2.52 bits per heavy atom. The molecular formula is C22H30N2O. The van der Waals surface area contributed by atoms with Crippen LogP contribution in [-0.4, -0.2) is 37.0 Å². The Labute approximate surface area is 151 Å². The van der Waals surface area contributed by atoms with E-state index in [2.05, 4.69) is 54.5 Å². The average Bonchev–Trinajstić information content (AvgIpc) is 2.52. The minimum absolute atomic E-state index is 0.127. The number of carbonyl (C=O) groups is 1. The topological polar surface area (TPSA) is 32.3 Å². The van der Waals surface area contributed by atoms with Crippen molar-refractivity contribution in [1.29, 1.82) is 0 Å². The van der Waals surface area contributed by atoms with Gasteiger partial charge in [0.05, 0.1) is 11.5 Å². The first-order valence-corrected chi connectivity index (χ1v) is 9.96. The zero-order valence-corrected chi connectivity index (χ0v) is 15.6. The molecule has 0 spiro atoms. The number of nitrogens with one attached hydrogen (secondary N) is 1. The van der Waals surface area contributed by atoms with Crippen LogP contribution in [0.2, 0.25) is 0 Å². The molecule has 134 valence electrons. The summed E-state index contributed by atoms with van der Waals surface area (Å²) >= 11 is 0. The summed E-state index contributed by atoms with van der Waals surface area (Å²) in [6, 6.07) is 11.4. The molecule has 5 aliphatic rings. The first kappa shape index (κ1) is 15.9. The van der Waals surface area contributed by atoms with Gasteiger partial charge in [0, 0.05) is 13.1 Å². The fourth-order valence-corrected chi connectivity index (χ4v) is 7.42. The van der Waals surface area contributed by atoms with Crippen LogP contribution in [0.25, 0.3) is 0 Å². The van der Waals surface area contributed by atoms with E-state index >= 15 is 0 Å². The van der Waals surface area contributed by atoms with Crippen LogP contribution in [0.1, 0.15) is 51.0 Å². The van der Waals surface area contributed by atoms with Crippen LogP contribution in [0.5, 0.6) is 0 Å². The Morgan fingerprint density at radius 1 is 1.08 bits per heavy atom. The summed E-state index contributed by atoms with van der Waals surface area (Å²) in [6.07, 6.45) is 7.15. The number of nitrogens with zero attached hydrogens (tertiary/aromatic N) is 1. The van der Waals surface area contributed by atoms with E-state index in [0.717, 1.165) is 38.3 Å². The van der Waals surface area contributed by atoms with Crippen molar-refractivity contribution in [3.8, 4) is 0 Å². The molecule has 1 N–H and O–H groups in total. The van der Waals surface area contributed by atoms with Gasteiger partial charge in [0.15, 0.2) is 0 Å². The molecule has 4 saturated carbocycles. The second-order valence-electron chi connectivity index (χ2n) is 10.1. The molecule has 4 unspecified atom stereocenters. The van der Waals surface area contributed by atoms with Gasteiger partial charge in [0.1, 0.15) is 0 Å². The van der Waals surface area contributed by atoms with Crippen LogP contribution in [0.15, 0.2) is 30.3 Å². The third-order valence-corrected chi connectivity index (χ3v) is 7.61. The van der Waals surface area contributed by atoms with Crippen molar-refractivity contribution in [3.05, 3.63) is 35.9 Å². The van der Waals surface area contributed by atoms with Crippen molar-refractivity contribution in [3.63, 3.8) is 0 Å². The minimum atomic E-state index is -0.127. The van der Waals surface area contributed by atoms with Gasteiger partial charge in [-0.1, -0.05) is 37.3 Å². The van der Waals surface area contributed by atoms with Crippen molar-refractivity contribution in [2.45, 2.75) is 56.9 Å². The lowest BCUT2D eigenvalue weighted by Crippen LogP contribution is -2.65. The number of hydrogen-bond acceptors (Lipinski definition) is 2. The molecule has 0 aromatic heterocycles. The van der Waals surface area contributed by atoms with E-state index in [1.807, 2.05) is 0 Å². The molecule has 4 atom stereocenters. The molecule has 1 aromatic rings. The molecule has 1 amide bonds. The van der Waals surface area contributed by atoms with E-state index in [-0.39, 0.29) is 10.8 Å². The number of rotatable bonds is 3. The lowest BCUT2D eigenvalue weighted by atomic mass is 9.38. The maximum Gasteiger partial charge on any atom is 0.226 e. The highest BCUT2D eigenvalue weighted by Gasteiger charge is 2.64. The Kier molecular flexibility index (Phi) is 3.23. The van der Waals surface area contributed by atoms with Crippen molar-refractivity contribution in [2.75, 3.05) is 20.1 Å². The Hall–Kier alpha value is -1.35. The van der Waals surface area contributed by atoms with Crippen molar-refractivity contribution in [2.24, 2.45) is 16.7 Å². The minimum Gasteiger partial charge on any atom is -0.350 e. The summed E-state index contributed by atoms with van der Waals surface area (Å²) in [7, 11) is 2.12. The fraction of sp³-hybridized carbons (Fsp3) is 0.682. The average molecular weight is 338 g/mol. The zero-order chi connectivity index (χ0) is 17.3. The predicted octanol–water partition coefficient (Wildman–Crippen LogP) is 3.34. The molecule has 1 aliphatic heterocycles. The van der Waals surface area contributed by atoms with E-state index in [9.17, 15) is 4.79 Å². The van der Waals surface area contributed by atoms with E-state index < -0.39 is 0 Å². The molecule has 25 heavy (non-hydrogen) atoms. The zero-order valence-electron chi connectivity index (χ0n) is 15.6. The highest BCUT2D eigenvalue weighted by atomic mass is 16.2. The van der Waals surface area contributed by atoms with E-state index in [0.29, 0.717) is 17.4 Å². The summed E-state index contributed by atoms with van der Waals surface area (Å²) in [4.78, 5) is 15.7. The van der Waals surface area contributed by atoms with Gasteiger partial charge in [-0.15, -0.1) is 0 Å². The van der Waals surface area contributed by atoms with Gasteiger partial charge in [-0.25, -0.2) is 0 Å². The highest BCUT2D eigenvalue weighted by molar-refractivity contribution is 5.84. The predicted molar refractivity (Wildman–Crippen MR) is 99.3 cm³/mol. The number of carbonyl (C=O) groups excluding carboxylic acids is 1. The monoisotopic (exact) mass is 338 g/mol. The van der Waals surface area contributed by atoms with Crippen molar-refractivity contribution in [1.82, 2.24) is 10.2 Å². The number of hydrogen-bond donors (Lipinski definition) is 1. The first-order chi connectivity index (χ1) is 11.9. The van der Waals surface area contributed by atoms with Gasteiger partial charge in [-0.3, -0.25) is 4.79 Å². The van der Waals surface area contributed by atoms with E-state index in [4.69, 9.17) is 0 Å². The first-order valence-electron chi connectivity index (χ1n) is 9.96. The molecular weight excluding hydrogens is 308 g/mol. The maximum absolute atomic E-state index is 13.4. The van der Waals surface area contributed by atoms with Gasteiger partial charge in [0.2, 0.25) is 5.91 Å². The normalized spacial score (nSPS) is 43.0. The standard InChI is InChI=1S/C22H30N2O/c1-20-8-16-9-21(13-20,17-6-4-3-5-7-17)15-22(10-16,14-20)19(25)23-18-11-24(2)12-18/h3-7,16,18H,8-15H2,1-2H3,(H,23,25). The number of benzene rings is 1. The van der Waals surface area contributed by atoms with Crippen molar-refractivity contribution < 1.29 is 4.79 Å². The van der Waals surface area contributed by atoms with Gasteiger partial charge in [-0.2, -0.15) is 0 Å². The van der Waals surface area contributed by atoms with Crippen molar-refractivity contribution >= 4 is 5.91 Å². The molecule has 1 aromatic carbocycles. The molecule has 1 heterocycles. The third-order valence-electron chi connectivity index (χ3n) is 7.61. The SMILES string of the molecule is CN1CC(NC(=O)C23CC4CC(C)(C2)CC(c2ccccc2)(C4)C3)C1. The van der Waals surface area contributed by atoms with E-state index in [1.54, 1.807) is 0 Å². The van der Waals surface area contributed by atoms with Crippen LogP contribution in [0, 0.1) is 16.7 Å². The Morgan fingerprint density at radius 2 is 1.84 bits per heavy atom. The van der Waals surface area contributed by atoms with Gasteiger partial charge < -0.3 is 10.2 Å². The van der Waals surface area contributed by atoms with Crippen LogP contribution >= 0.6 is 0 Å². The van der Waals surface area contributed by atoms with E-state index in [1.165, 1.54) is 24.8 Å². The maximum atomic E-state index is 13.4.